The fraction of sp³-hybridized carbons (Fsp3) is 0.409. The van der Waals surface area contributed by atoms with Gasteiger partial charge in [-0.2, -0.15) is 4.31 Å². The molecule has 11 heteroatoms. The molecule has 2 aliphatic rings. The van der Waals surface area contributed by atoms with Gasteiger partial charge in [0.1, 0.15) is 11.0 Å². The Kier molecular flexibility index (Phi) is 6.00. The summed E-state index contributed by atoms with van der Waals surface area (Å²) in [4.78, 5) is 19.4. The fourth-order valence-corrected chi connectivity index (χ4v) is 5.76. The van der Waals surface area contributed by atoms with Gasteiger partial charge >= 0.3 is 0 Å². The van der Waals surface area contributed by atoms with Gasteiger partial charge in [0.05, 0.1) is 24.2 Å². The minimum absolute atomic E-state index is 0.0520. The maximum absolute atomic E-state index is 13.0. The second-order valence-electron chi connectivity index (χ2n) is 8.11. The quantitative estimate of drug-likeness (QED) is 0.572. The average Bonchev–Trinajstić information content (AvgIpc) is 3.26. The third-order valence-corrected chi connectivity index (χ3v) is 7.91. The van der Waals surface area contributed by atoms with Crippen molar-refractivity contribution in [2.45, 2.75) is 30.2 Å². The molecule has 1 aliphatic carbocycles. The SMILES string of the molecule is O=C(COn1nnc2ccc(S(=O)(=O)N3CCOCC3)cc21)NC1CCCc2ccccc21. The van der Waals surface area contributed by atoms with E-state index in [0.717, 1.165) is 29.7 Å². The molecule has 174 valence electrons. The highest BCUT2D eigenvalue weighted by molar-refractivity contribution is 7.89. The Morgan fingerprint density at radius 1 is 1.18 bits per heavy atom. The number of nitrogens with one attached hydrogen (secondary N) is 1. The first-order valence-electron chi connectivity index (χ1n) is 11.0. The largest absolute Gasteiger partial charge is 0.385 e. The van der Waals surface area contributed by atoms with Crippen molar-refractivity contribution in [2.75, 3.05) is 32.9 Å². The summed E-state index contributed by atoms with van der Waals surface area (Å²) in [5.41, 5.74) is 3.24. The monoisotopic (exact) mass is 471 g/mol. The Morgan fingerprint density at radius 3 is 2.85 bits per heavy atom. The van der Waals surface area contributed by atoms with Crippen molar-refractivity contribution in [1.29, 1.82) is 0 Å². The van der Waals surface area contributed by atoms with Gasteiger partial charge in [-0.05, 0) is 53.8 Å². The zero-order valence-corrected chi connectivity index (χ0v) is 18.8. The molecular formula is C22H25N5O5S. The number of sulfonamides is 1. The topological polar surface area (TPSA) is 116 Å². The summed E-state index contributed by atoms with van der Waals surface area (Å²) >= 11 is 0. The number of rotatable bonds is 6. The van der Waals surface area contributed by atoms with Crippen LogP contribution in [0.1, 0.15) is 30.0 Å². The maximum Gasteiger partial charge on any atom is 0.261 e. The molecule has 1 aliphatic heterocycles. The van der Waals surface area contributed by atoms with Gasteiger partial charge in [-0.3, -0.25) is 4.79 Å². The van der Waals surface area contributed by atoms with E-state index in [4.69, 9.17) is 9.57 Å². The number of hydrogen-bond acceptors (Lipinski definition) is 7. The van der Waals surface area contributed by atoms with Crippen molar-refractivity contribution in [2.24, 2.45) is 0 Å². The van der Waals surface area contributed by atoms with E-state index in [2.05, 4.69) is 21.7 Å². The molecule has 0 saturated carbocycles. The van der Waals surface area contributed by atoms with Crippen LogP contribution >= 0.6 is 0 Å². The fourth-order valence-electron chi connectivity index (χ4n) is 4.33. The Morgan fingerprint density at radius 2 is 2.00 bits per heavy atom. The summed E-state index contributed by atoms with van der Waals surface area (Å²) in [5.74, 6) is -0.280. The summed E-state index contributed by atoms with van der Waals surface area (Å²) in [6, 6.07) is 12.6. The lowest BCUT2D eigenvalue weighted by Gasteiger charge is -2.26. The summed E-state index contributed by atoms with van der Waals surface area (Å²) in [7, 11) is -3.68. The molecule has 1 N–H and O–H groups in total. The van der Waals surface area contributed by atoms with Gasteiger partial charge < -0.3 is 14.9 Å². The number of morpholine rings is 1. The first kappa shape index (κ1) is 21.8. The van der Waals surface area contributed by atoms with Crippen LogP contribution in [0, 0.1) is 0 Å². The number of nitrogens with zero attached hydrogens (tertiary/aromatic N) is 4. The Hall–Kier alpha value is -3.02. The number of benzene rings is 2. The minimum atomic E-state index is -3.68. The Bertz CT molecular complexity index is 1270. The molecule has 5 rings (SSSR count). The predicted octanol–water partition coefficient (Wildman–Crippen LogP) is 1.07. The van der Waals surface area contributed by atoms with Crippen LogP contribution in [0.4, 0.5) is 0 Å². The van der Waals surface area contributed by atoms with Gasteiger partial charge in [0.2, 0.25) is 10.0 Å². The third-order valence-electron chi connectivity index (χ3n) is 6.02. The van der Waals surface area contributed by atoms with E-state index in [1.165, 1.54) is 22.0 Å². The maximum atomic E-state index is 13.0. The van der Waals surface area contributed by atoms with Gasteiger partial charge in [-0.25, -0.2) is 8.42 Å². The van der Waals surface area contributed by atoms with Gasteiger partial charge in [0.15, 0.2) is 6.61 Å². The van der Waals surface area contributed by atoms with Crippen LogP contribution in [0.15, 0.2) is 47.4 Å². The van der Waals surface area contributed by atoms with Crippen molar-refractivity contribution < 1.29 is 22.8 Å². The van der Waals surface area contributed by atoms with E-state index < -0.39 is 10.0 Å². The average molecular weight is 472 g/mol. The molecule has 0 spiro atoms. The lowest BCUT2D eigenvalue weighted by atomic mass is 9.88. The van der Waals surface area contributed by atoms with Gasteiger partial charge in [-0.15, -0.1) is 5.10 Å². The Balaban J connectivity index is 1.29. The van der Waals surface area contributed by atoms with E-state index in [0.29, 0.717) is 37.3 Å². The molecule has 0 radical (unpaired) electrons. The first-order chi connectivity index (χ1) is 16.0. The van der Waals surface area contributed by atoms with E-state index in [1.54, 1.807) is 6.07 Å². The molecule has 1 aromatic heterocycles. The minimum Gasteiger partial charge on any atom is -0.385 e. The molecule has 2 aromatic carbocycles. The van der Waals surface area contributed by atoms with Crippen LogP contribution in [0.2, 0.25) is 0 Å². The number of fused-ring (bicyclic) bond motifs is 2. The standard InChI is InChI=1S/C22H25N5O5S/c28-22(23-19-7-3-5-16-4-1-2-6-18(16)19)15-32-27-21-14-17(8-9-20(21)24-25-27)33(29,30)26-10-12-31-13-11-26/h1-2,4,6,8-9,14,19H,3,5,7,10-13,15H2,(H,23,28). The summed E-state index contributed by atoms with van der Waals surface area (Å²) < 4.78 is 32.6. The van der Waals surface area contributed by atoms with E-state index in [-0.39, 0.29) is 23.5 Å². The van der Waals surface area contributed by atoms with E-state index >= 15 is 0 Å². The molecule has 1 atom stereocenters. The number of amides is 1. The van der Waals surface area contributed by atoms with Crippen LogP contribution in [0.25, 0.3) is 11.0 Å². The molecule has 10 nitrogen and oxygen atoms in total. The molecule has 1 unspecified atom stereocenters. The molecule has 1 amide bonds. The molecule has 0 bridgehead atoms. The summed E-state index contributed by atoms with van der Waals surface area (Å²) in [6.45, 7) is 1.07. The number of carbonyl (C=O) groups is 1. The number of carbonyl (C=O) groups excluding carboxylic acids is 1. The van der Waals surface area contributed by atoms with Crippen LogP contribution in [-0.2, 0) is 26.0 Å². The molecule has 3 aromatic rings. The van der Waals surface area contributed by atoms with Gasteiger partial charge in [0.25, 0.3) is 5.91 Å². The lowest BCUT2D eigenvalue weighted by molar-refractivity contribution is -0.127. The van der Waals surface area contributed by atoms with Crippen molar-refractivity contribution >= 4 is 27.0 Å². The van der Waals surface area contributed by atoms with Gasteiger partial charge in [0, 0.05) is 13.1 Å². The molecule has 33 heavy (non-hydrogen) atoms. The van der Waals surface area contributed by atoms with Crippen molar-refractivity contribution in [3.8, 4) is 0 Å². The molecule has 1 fully saturated rings. The molecule has 1 saturated heterocycles. The zero-order chi connectivity index (χ0) is 22.8. The number of hydrogen-bond donors (Lipinski definition) is 1. The van der Waals surface area contributed by atoms with Crippen LogP contribution < -0.4 is 10.2 Å². The smallest absolute Gasteiger partial charge is 0.261 e. The van der Waals surface area contributed by atoms with Crippen molar-refractivity contribution in [1.82, 2.24) is 24.8 Å². The van der Waals surface area contributed by atoms with E-state index in [1.807, 2.05) is 18.2 Å². The van der Waals surface area contributed by atoms with E-state index in [9.17, 15) is 13.2 Å². The third kappa shape index (κ3) is 4.43. The van der Waals surface area contributed by atoms with Crippen molar-refractivity contribution in [3.05, 3.63) is 53.6 Å². The second kappa shape index (κ2) is 9.08. The highest BCUT2D eigenvalue weighted by Gasteiger charge is 2.27. The lowest BCUT2D eigenvalue weighted by Crippen LogP contribution is -2.40. The van der Waals surface area contributed by atoms with Crippen LogP contribution in [0.3, 0.4) is 0 Å². The second-order valence-corrected chi connectivity index (χ2v) is 10.1. The normalized spacial score (nSPS) is 19.2. The first-order valence-corrected chi connectivity index (χ1v) is 12.4. The highest BCUT2D eigenvalue weighted by Crippen LogP contribution is 2.29. The summed E-state index contributed by atoms with van der Waals surface area (Å²) in [6.07, 6.45) is 2.90. The number of aromatic nitrogens is 3. The predicted molar refractivity (Wildman–Crippen MR) is 119 cm³/mol. The molecular weight excluding hydrogens is 446 g/mol. The molecule has 2 heterocycles. The highest BCUT2D eigenvalue weighted by atomic mass is 32.2. The van der Waals surface area contributed by atoms with Crippen LogP contribution in [-0.4, -0.2) is 66.7 Å². The van der Waals surface area contributed by atoms with Crippen LogP contribution in [0.5, 0.6) is 0 Å². The zero-order valence-electron chi connectivity index (χ0n) is 18.0. The van der Waals surface area contributed by atoms with Gasteiger partial charge in [-0.1, -0.05) is 29.1 Å². The number of ether oxygens (including phenoxy) is 1. The Labute approximate surface area is 191 Å². The summed E-state index contributed by atoms with van der Waals surface area (Å²) in [5, 5.41) is 11.0. The van der Waals surface area contributed by atoms with Crippen molar-refractivity contribution in [3.63, 3.8) is 0 Å². The number of aryl methyl sites for hydroxylation is 1.